The fourth-order valence-corrected chi connectivity index (χ4v) is 2.98. The number of nitrogens with zero attached hydrogens (tertiary/aromatic N) is 1. The Hall–Kier alpha value is -0.170. The summed E-state index contributed by atoms with van der Waals surface area (Å²) >= 11 is 0. The summed E-state index contributed by atoms with van der Waals surface area (Å²) in [5.74, 6) is 0. The third kappa shape index (κ3) is 2.66. The molecule has 5 nitrogen and oxygen atoms in total. The molecule has 1 N–H and O–H groups in total. The largest absolute Gasteiger partial charge is 0.383 e. The number of nitrogens with one attached hydrogen (secondary N) is 1. The zero-order valence-electron chi connectivity index (χ0n) is 8.69. The molecule has 84 valence electrons. The predicted molar refractivity (Wildman–Crippen MR) is 54.7 cm³/mol. The maximum atomic E-state index is 11.9. The number of hydrogen-bond acceptors (Lipinski definition) is 4. The first-order valence-electron chi connectivity index (χ1n) is 4.77. The zero-order valence-corrected chi connectivity index (χ0v) is 9.51. The molecule has 0 aromatic carbocycles. The number of hydrogen-bond donors (Lipinski definition) is 1. The van der Waals surface area contributed by atoms with E-state index in [0.29, 0.717) is 13.1 Å². The number of sulfonamides is 1. The minimum absolute atomic E-state index is 0.256. The minimum Gasteiger partial charge on any atom is -0.383 e. The Morgan fingerprint density at radius 1 is 1.43 bits per heavy atom. The van der Waals surface area contributed by atoms with Gasteiger partial charge in [0.05, 0.1) is 11.9 Å². The lowest BCUT2D eigenvalue weighted by atomic mass is 10.4. The highest BCUT2D eigenvalue weighted by molar-refractivity contribution is 7.89. The minimum atomic E-state index is -3.16. The van der Waals surface area contributed by atoms with Crippen LogP contribution in [-0.2, 0) is 14.8 Å². The van der Waals surface area contributed by atoms with Crippen molar-refractivity contribution in [3.8, 4) is 0 Å². The number of methoxy groups -OCH3 is 1. The molecule has 0 saturated carbocycles. The van der Waals surface area contributed by atoms with Crippen molar-refractivity contribution >= 4 is 10.0 Å². The maximum absolute atomic E-state index is 11.9. The molecule has 0 aromatic heterocycles. The van der Waals surface area contributed by atoms with E-state index in [0.717, 1.165) is 13.1 Å². The lowest BCUT2D eigenvalue weighted by molar-refractivity contribution is 0.197. The van der Waals surface area contributed by atoms with Crippen LogP contribution in [-0.4, -0.2) is 57.9 Å². The standard InChI is InChI=1S/C8H18N2O3S/c1-8(7-13-2)14(11,12)10-5-3-9-4-6-10/h8-9H,3-7H2,1-2H3. The Bertz CT molecular complexity index is 260. The third-order valence-electron chi connectivity index (χ3n) is 2.35. The van der Waals surface area contributed by atoms with Crippen molar-refractivity contribution in [2.45, 2.75) is 12.2 Å². The molecular weight excluding hydrogens is 204 g/mol. The second-order valence-electron chi connectivity index (χ2n) is 3.46. The Balaban J connectivity index is 2.62. The van der Waals surface area contributed by atoms with Crippen LogP contribution in [0.15, 0.2) is 0 Å². The second-order valence-corrected chi connectivity index (χ2v) is 5.81. The molecule has 0 bridgehead atoms. The summed E-state index contributed by atoms with van der Waals surface area (Å²) in [7, 11) is -1.64. The van der Waals surface area contributed by atoms with Crippen molar-refractivity contribution in [1.29, 1.82) is 0 Å². The average molecular weight is 222 g/mol. The first kappa shape index (κ1) is 11.9. The van der Waals surface area contributed by atoms with Gasteiger partial charge in [-0.05, 0) is 6.92 Å². The molecule has 1 aliphatic rings. The van der Waals surface area contributed by atoms with Gasteiger partial charge in [-0.15, -0.1) is 0 Å². The highest BCUT2D eigenvalue weighted by atomic mass is 32.2. The molecule has 1 unspecified atom stereocenters. The summed E-state index contributed by atoms with van der Waals surface area (Å²) in [6.45, 7) is 4.54. The first-order valence-corrected chi connectivity index (χ1v) is 6.28. The molecule has 0 radical (unpaired) electrons. The van der Waals surface area contributed by atoms with Crippen LogP contribution in [0.25, 0.3) is 0 Å². The van der Waals surface area contributed by atoms with Gasteiger partial charge in [-0.2, -0.15) is 4.31 Å². The van der Waals surface area contributed by atoms with Crippen molar-refractivity contribution in [1.82, 2.24) is 9.62 Å². The van der Waals surface area contributed by atoms with E-state index >= 15 is 0 Å². The Labute approximate surface area is 85.5 Å². The van der Waals surface area contributed by atoms with Gasteiger partial charge >= 0.3 is 0 Å². The monoisotopic (exact) mass is 222 g/mol. The zero-order chi connectivity index (χ0) is 10.6. The fraction of sp³-hybridized carbons (Fsp3) is 1.00. The molecule has 0 aromatic rings. The number of piperazine rings is 1. The third-order valence-corrected chi connectivity index (χ3v) is 4.58. The Kier molecular flexibility index (Phi) is 4.31. The van der Waals surface area contributed by atoms with Crippen LogP contribution in [0.5, 0.6) is 0 Å². The molecule has 0 spiro atoms. The van der Waals surface area contributed by atoms with E-state index in [4.69, 9.17) is 4.74 Å². The lowest BCUT2D eigenvalue weighted by Gasteiger charge is -2.29. The van der Waals surface area contributed by atoms with Crippen molar-refractivity contribution < 1.29 is 13.2 Å². The Morgan fingerprint density at radius 3 is 2.50 bits per heavy atom. The van der Waals surface area contributed by atoms with Gasteiger partial charge in [-0.1, -0.05) is 0 Å². The van der Waals surface area contributed by atoms with E-state index in [2.05, 4.69) is 5.32 Å². The van der Waals surface area contributed by atoms with E-state index in [1.807, 2.05) is 0 Å². The highest BCUT2D eigenvalue weighted by Gasteiger charge is 2.29. The van der Waals surface area contributed by atoms with Gasteiger partial charge in [-0.25, -0.2) is 8.42 Å². The summed E-state index contributed by atoms with van der Waals surface area (Å²) in [5.41, 5.74) is 0. The van der Waals surface area contributed by atoms with E-state index in [9.17, 15) is 8.42 Å². The summed E-state index contributed by atoms with van der Waals surface area (Å²) < 4.78 is 30.2. The van der Waals surface area contributed by atoms with Crippen molar-refractivity contribution in [3.05, 3.63) is 0 Å². The highest BCUT2D eigenvalue weighted by Crippen LogP contribution is 2.09. The van der Waals surface area contributed by atoms with Gasteiger partial charge < -0.3 is 10.1 Å². The number of rotatable bonds is 4. The van der Waals surface area contributed by atoms with Crippen LogP contribution in [0.3, 0.4) is 0 Å². The average Bonchev–Trinajstić information content (AvgIpc) is 2.19. The van der Waals surface area contributed by atoms with E-state index in [1.54, 1.807) is 6.92 Å². The van der Waals surface area contributed by atoms with Gasteiger partial charge in [0, 0.05) is 33.3 Å². The summed E-state index contributed by atoms with van der Waals surface area (Å²) in [6.07, 6.45) is 0. The van der Waals surface area contributed by atoms with E-state index < -0.39 is 15.3 Å². The van der Waals surface area contributed by atoms with E-state index in [1.165, 1.54) is 11.4 Å². The van der Waals surface area contributed by atoms with Gasteiger partial charge in [0.15, 0.2) is 0 Å². The molecule has 1 rings (SSSR count). The summed E-state index contributed by atoms with van der Waals surface area (Å²) in [4.78, 5) is 0. The summed E-state index contributed by atoms with van der Waals surface area (Å²) in [5, 5.41) is 2.67. The van der Waals surface area contributed by atoms with Gasteiger partial charge in [0.25, 0.3) is 0 Å². The van der Waals surface area contributed by atoms with Crippen LogP contribution in [0.2, 0.25) is 0 Å². The normalized spacial score (nSPS) is 22.1. The molecular formula is C8H18N2O3S. The van der Waals surface area contributed by atoms with Crippen LogP contribution in [0, 0.1) is 0 Å². The molecule has 6 heteroatoms. The SMILES string of the molecule is COCC(C)S(=O)(=O)N1CCNCC1. The van der Waals surface area contributed by atoms with Crippen molar-refractivity contribution in [3.63, 3.8) is 0 Å². The molecule has 14 heavy (non-hydrogen) atoms. The lowest BCUT2D eigenvalue weighted by Crippen LogP contribution is -2.49. The molecule has 0 amide bonds. The van der Waals surface area contributed by atoms with Crippen LogP contribution in [0.1, 0.15) is 6.92 Å². The fourth-order valence-electron chi connectivity index (χ4n) is 1.47. The van der Waals surface area contributed by atoms with Gasteiger partial charge in [0.2, 0.25) is 10.0 Å². The van der Waals surface area contributed by atoms with E-state index in [-0.39, 0.29) is 6.61 Å². The smallest absolute Gasteiger partial charge is 0.219 e. The molecule has 1 saturated heterocycles. The second kappa shape index (κ2) is 5.06. The number of ether oxygens (including phenoxy) is 1. The van der Waals surface area contributed by atoms with Gasteiger partial charge in [0.1, 0.15) is 0 Å². The first-order chi connectivity index (χ1) is 6.59. The van der Waals surface area contributed by atoms with Crippen LogP contribution < -0.4 is 5.32 Å². The van der Waals surface area contributed by atoms with Crippen molar-refractivity contribution in [2.75, 3.05) is 39.9 Å². The molecule has 1 fully saturated rings. The predicted octanol–water partition coefficient (Wildman–Crippen LogP) is -0.744. The van der Waals surface area contributed by atoms with Crippen LogP contribution in [0.4, 0.5) is 0 Å². The molecule has 1 atom stereocenters. The van der Waals surface area contributed by atoms with Gasteiger partial charge in [-0.3, -0.25) is 0 Å². The quantitative estimate of drug-likeness (QED) is 0.680. The van der Waals surface area contributed by atoms with Crippen molar-refractivity contribution in [2.24, 2.45) is 0 Å². The van der Waals surface area contributed by atoms with Crippen LogP contribution >= 0.6 is 0 Å². The summed E-state index contributed by atoms with van der Waals surface area (Å²) in [6, 6.07) is 0. The molecule has 1 heterocycles. The molecule has 0 aliphatic carbocycles. The topological polar surface area (TPSA) is 58.6 Å². The Morgan fingerprint density at radius 2 is 2.00 bits per heavy atom. The maximum Gasteiger partial charge on any atom is 0.219 e. The molecule has 1 aliphatic heterocycles.